The van der Waals surface area contributed by atoms with Gasteiger partial charge in [0, 0.05) is 0 Å². The molecule has 1 unspecified atom stereocenters. The SMILES string of the molecule is CC(C)CC1(C(=O)OC(C)C)OCC2=C1CCCC2. The van der Waals surface area contributed by atoms with Crippen LogP contribution in [0.3, 0.4) is 0 Å². The van der Waals surface area contributed by atoms with Gasteiger partial charge in [0.1, 0.15) is 0 Å². The number of carbonyl (C=O) groups is 1. The van der Waals surface area contributed by atoms with Gasteiger partial charge in [0.25, 0.3) is 0 Å². The van der Waals surface area contributed by atoms with Crippen molar-refractivity contribution in [2.75, 3.05) is 6.61 Å². The molecule has 0 aromatic heterocycles. The van der Waals surface area contributed by atoms with Crippen LogP contribution < -0.4 is 0 Å². The Hall–Kier alpha value is -0.830. The van der Waals surface area contributed by atoms with Gasteiger partial charge >= 0.3 is 5.97 Å². The minimum atomic E-state index is -0.784. The maximum atomic E-state index is 12.6. The molecular weight excluding hydrogens is 240 g/mol. The Morgan fingerprint density at radius 2 is 1.95 bits per heavy atom. The van der Waals surface area contributed by atoms with E-state index in [1.54, 1.807) is 0 Å². The normalized spacial score (nSPS) is 27.1. The summed E-state index contributed by atoms with van der Waals surface area (Å²) in [5.41, 5.74) is 1.81. The van der Waals surface area contributed by atoms with Gasteiger partial charge in [-0.05, 0) is 63.0 Å². The summed E-state index contributed by atoms with van der Waals surface area (Å²) in [5.74, 6) is 0.233. The second-order valence-corrected chi connectivity index (χ2v) is 6.46. The Morgan fingerprint density at radius 1 is 1.26 bits per heavy atom. The average molecular weight is 266 g/mol. The Morgan fingerprint density at radius 3 is 2.58 bits per heavy atom. The Balaban J connectivity index is 2.30. The van der Waals surface area contributed by atoms with E-state index in [9.17, 15) is 4.79 Å². The van der Waals surface area contributed by atoms with E-state index in [-0.39, 0.29) is 12.1 Å². The minimum absolute atomic E-state index is 0.0895. The van der Waals surface area contributed by atoms with Crippen LogP contribution in [-0.2, 0) is 14.3 Å². The lowest BCUT2D eigenvalue weighted by Crippen LogP contribution is -2.44. The molecule has 0 saturated heterocycles. The number of carbonyl (C=O) groups excluding carboxylic acids is 1. The topological polar surface area (TPSA) is 35.5 Å². The maximum absolute atomic E-state index is 12.6. The molecule has 0 spiro atoms. The summed E-state index contributed by atoms with van der Waals surface area (Å²) in [5, 5.41) is 0. The lowest BCUT2D eigenvalue weighted by molar-refractivity contribution is -0.170. The van der Waals surface area contributed by atoms with E-state index in [1.807, 2.05) is 13.8 Å². The van der Waals surface area contributed by atoms with E-state index in [0.29, 0.717) is 12.5 Å². The molecule has 0 aromatic carbocycles. The zero-order valence-corrected chi connectivity index (χ0v) is 12.6. The van der Waals surface area contributed by atoms with E-state index in [2.05, 4.69) is 13.8 Å². The Kier molecular flexibility index (Phi) is 4.34. The molecule has 3 nitrogen and oxygen atoms in total. The van der Waals surface area contributed by atoms with Crippen LogP contribution in [0.2, 0.25) is 0 Å². The van der Waals surface area contributed by atoms with Crippen molar-refractivity contribution in [1.29, 1.82) is 0 Å². The van der Waals surface area contributed by atoms with E-state index in [1.165, 1.54) is 17.6 Å². The summed E-state index contributed by atoms with van der Waals surface area (Å²) in [6, 6.07) is 0. The molecule has 0 radical (unpaired) electrons. The van der Waals surface area contributed by atoms with Crippen LogP contribution in [-0.4, -0.2) is 24.3 Å². The van der Waals surface area contributed by atoms with Crippen molar-refractivity contribution in [3.63, 3.8) is 0 Å². The van der Waals surface area contributed by atoms with Crippen molar-refractivity contribution < 1.29 is 14.3 Å². The molecule has 1 aliphatic heterocycles. The van der Waals surface area contributed by atoms with E-state index in [0.717, 1.165) is 25.7 Å². The van der Waals surface area contributed by atoms with Gasteiger partial charge in [-0.1, -0.05) is 13.8 Å². The molecule has 2 aliphatic rings. The summed E-state index contributed by atoms with van der Waals surface area (Å²) in [6.07, 6.45) is 5.11. The third kappa shape index (κ3) is 2.86. The van der Waals surface area contributed by atoms with Gasteiger partial charge in [-0.2, -0.15) is 0 Å². The molecule has 0 amide bonds. The van der Waals surface area contributed by atoms with Crippen molar-refractivity contribution in [2.45, 2.75) is 71.5 Å². The molecule has 2 rings (SSSR count). The standard InChI is InChI=1S/C16H26O3/c1-11(2)9-16(15(17)19-12(3)4)14-8-6-5-7-13(14)10-18-16/h11-12H,5-10H2,1-4H3. The van der Waals surface area contributed by atoms with Gasteiger partial charge in [0.2, 0.25) is 0 Å². The number of rotatable bonds is 4. The summed E-state index contributed by atoms with van der Waals surface area (Å²) in [6.45, 7) is 8.68. The van der Waals surface area contributed by atoms with Gasteiger partial charge in [0.15, 0.2) is 5.60 Å². The fourth-order valence-electron chi connectivity index (χ4n) is 3.24. The van der Waals surface area contributed by atoms with Crippen molar-refractivity contribution in [3.8, 4) is 0 Å². The molecule has 1 heterocycles. The largest absolute Gasteiger partial charge is 0.461 e. The lowest BCUT2D eigenvalue weighted by atomic mass is 9.79. The molecule has 3 heteroatoms. The first kappa shape index (κ1) is 14.6. The van der Waals surface area contributed by atoms with Crippen LogP contribution >= 0.6 is 0 Å². The van der Waals surface area contributed by atoms with Crippen molar-refractivity contribution in [3.05, 3.63) is 11.1 Å². The summed E-state index contributed by atoms with van der Waals surface area (Å²) in [7, 11) is 0. The highest BCUT2D eigenvalue weighted by atomic mass is 16.6. The van der Waals surface area contributed by atoms with Crippen LogP contribution in [0.4, 0.5) is 0 Å². The number of hydrogen-bond donors (Lipinski definition) is 0. The van der Waals surface area contributed by atoms with Crippen LogP contribution in [0.5, 0.6) is 0 Å². The highest BCUT2D eigenvalue weighted by molar-refractivity contribution is 5.85. The molecule has 108 valence electrons. The molecule has 0 aromatic rings. The second-order valence-electron chi connectivity index (χ2n) is 6.46. The molecule has 0 N–H and O–H groups in total. The third-order valence-electron chi connectivity index (χ3n) is 3.93. The molecule has 19 heavy (non-hydrogen) atoms. The predicted molar refractivity (Wildman–Crippen MR) is 74.9 cm³/mol. The summed E-state index contributed by atoms with van der Waals surface area (Å²) in [4.78, 5) is 12.6. The highest BCUT2D eigenvalue weighted by Gasteiger charge is 2.50. The van der Waals surface area contributed by atoms with Crippen molar-refractivity contribution in [1.82, 2.24) is 0 Å². The Bertz CT molecular complexity index is 381. The van der Waals surface area contributed by atoms with Crippen LogP contribution in [0.15, 0.2) is 11.1 Å². The van der Waals surface area contributed by atoms with Crippen LogP contribution in [0.25, 0.3) is 0 Å². The van der Waals surface area contributed by atoms with Crippen molar-refractivity contribution >= 4 is 5.97 Å². The number of ether oxygens (including phenoxy) is 2. The van der Waals surface area contributed by atoms with Gasteiger partial charge < -0.3 is 9.47 Å². The second kappa shape index (κ2) is 5.66. The quantitative estimate of drug-likeness (QED) is 0.576. The first-order valence-corrected chi connectivity index (χ1v) is 7.52. The third-order valence-corrected chi connectivity index (χ3v) is 3.93. The van der Waals surface area contributed by atoms with Crippen LogP contribution in [0, 0.1) is 5.92 Å². The van der Waals surface area contributed by atoms with E-state index >= 15 is 0 Å². The highest BCUT2D eigenvalue weighted by Crippen LogP contribution is 2.44. The van der Waals surface area contributed by atoms with Gasteiger partial charge in [-0.15, -0.1) is 0 Å². The first-order chi connectivity index (χ1) is 8.95. The molecule has 1 aliphatic carbocycles. The first-order valence-electron chi connectivity index (χ1n) is 7.52. The minimum Gasteiger partial charge on any atom is -0.461 e. The van der Waals surface area contributed by atoms with E-state index in [4.69, 9.17) is 9.47 Å². The zero-order valence-electron chi connectivity index (χ0n) is 12.6. The maximum Gasteiger partial charge on any atom is 0.343 e. The van der Waals surface area contributed by atoms with E-state index < -0.39 is 5.60 Å². The molecule has 0 saturated carbocycles. The zero-order chi connectivity index (χ0) is 14.0. The van der Waals surface area contributed by atoms with Gasteiger partial charge in [-0.3, -0.25) is 0 Å². The van der Waals surface area contributed by atoms with Crippen molar-refractivity contribution in [2.24, 2.45) is 5.92 Å². The molecule has 0 fully saturated rings. The number of hydrogen-bond acceptors (Lipinski definition) is 3. The number of esters is 1. The molecule has 1 atom stereocenters. The summed E-state index contributed by atoms with van der Waals surface area (Å²) < 4.78 is 11.5. The smallest absolute Gasteiger partial charge is 0.343 e. The fraction of sp³-hybridized carbons (Fsp3) is 0.812. The summed E-state index contributed by atoms with van der Waals surface area (Å²) >= 11 is 0. The van der Waals surface area contributed by atoms with Gasteiger partial charge in [-0.25, -0.2) is 4.79 Å². The lowest BCUT2D eigenvalue weighted by Gasteiger charge is -2.32. The molecule has 0 bridgehead atoms. The van der Waals surface area contributed by atoms with Crippen LogP contribution in [0.1, 0.15) is 59.8 Å². The van der Waals surface area contributed by atoms with Gasteiger partial charge in [0.05, 0.1) is 12.7 Å². The average Bonchev–Trinajstić information content (AvgIpc) is 2.68. The fourth-order valence-corrected chi connectivity index (χ4v) is 3.24. The molecular formula is C16H26O3. The monoisotopic (exact) mass is 266 g/mol. The Labute approximate surface area is 116 Å². The predicted octanol–water partition coefficient (Wildman–Crippen LogP) is 3.62.